The van der Waals surface area contributed by atoms with Gasteiger partial charge in [0.1, 0.15) is 0 Å². The van der Waals surface area contributed by atoms with Crippen LogP contribution in [0.1, 0.15) is 17.7 Å². The molecule has 3 heterocycles. The van der Waals surface area contributed by atoms with Gasteiger partial charge in [-0.05, 0) is 24.3 Å². The maximum absolute atomic E-state index is 11.8. The summed E-state index contributed by atoms with van der Waals surface area (Å²) in [6.45, 7) is 2.20. The monoisotopic (exact) mass is 370 g/mol. The summed E-state index contributed by atoms with van der Waals surface area (Å²) < 4.78 is 6.35. The summed E-state index contributed by atoms with van der Waals surface area (Å²) in [7, 11) is 0. The molecule has 2 aromatic rings. The highest BCUT2D eigenvalue weighted by Gasteiger charge is 2.16. The fourth-order valence-electron chi connectivity index (χ4n) is 2.12. The van der Waals surface area contributed by atoms with Crippen LogP contribution in [-0.2, 0) is 16.1 Å². The molecule has 0 aliphatic carbocycles. The van der Waals surface area contributed by atoms with Gasteiger partial charge < -0.3 is 15.4 Å². The topological polar surface area (TPSA) is 76.1 Å². The van der Waals surface area contributed by atoms with E-state index in [1.807, 2.05) is 17.5 Å². The molecule has 1 saturated heterocycles. The van der Waals surface area contributed by atoms with Crippen LogP contribution < -0.4 is 10.6 Å². The molecule has 1 aliphatic heterocycles. The van der Waals surface area contributed by atoms with Crippen molar-refractivity contribution in [3.63, 3.8) is 0 Å². The molecule has 9 heteroatoms. The van der Waals surface area contributed by atoms with Crippen molar-refractivity contribution in [3.05, 3.63) is 22.4 Å². The van der Waals surface area contributed by atoms with Gasteiger partial charge in [-0.1, -0.05) is 29.2 Å². The average molecular weight is 371 g/mol. The molecule has 1 aliphatic rings. The number of carbonyl (C=O) groups excluding carboxylic acids is 1. The summed E-state index contributed by atoms with van der Waals surface area (Å²) in [5.74, 6) is 0.360. The van der Waals surface area contributed by atoms with Gasteiger partial charge in [-0.15, -0.1) is 21.5 Å². The average Bonchev–Trinajstić information content (AvgIpc) is 3.31. The van der Waals surface area contributed by atoms with Crippen molar-refractivity contribution in [2.24, 2.45) is 0 Å². The molecule has 2 aromatic heterocycles. The number of amides is 1. The summed E-state index contributed by atoms with van der Waals surface area (Å²) in [6, 6.07) is 3.99. The minimum atomic E-state index is 0.00691. The van der Waals surface area contributed by atoms with E-state index in [0.29, 0.717) is 12.3 Å². The molecule has 3 rings (SSSR count). The van der Waals surface area contributed by atoms with Gasteiger partial charge >= 0.3 is 0 Å². The van der Waals surface area contributed by atoms with Gasteiger partial charge in [-0.2, -0.15) is 0 Å². The van der Waals surface area contributed by atoms with E-state index in [1.54, 1.807) is 11.3 Å². The van der Waals surface area contributed by atoms with Crippen LogP contribution in [0.15, 0.2) is 21.9 Å². The Kier molecular flexibility index (Phi) is 6.26. The molecule has 0 saturated carbocycles. The van der Waals surface area contributed by atoms with Gasteiger partial charge in [0.25, 0.3) is 0 Å². The van der Waals surface area contributed by atoms with E-state index in [9.17, 15) is 4.79 Å². The summed E-state index contributed by atoms with van der Waals surface area (Å²) in [6.07, 6.45) is 2.50. The number of thioether (sulfide) groups is 1. The SMILES string of the molecule is O=C(CSc1nnc(NCC2CCCO2)s1)NCc1cccs1. The van der Waals surface area contributed by atoms with Crippen LogP contribution in [0.5, 0.6) is 0 Å². The zero-order chi connectivity index (χ0) is 15.9. The van der Waals surface area contributed by atoms with Gasteiger partial charge in [-0.3, -0.25) is 4.79 Å². The number of aromatic nitrogens is 2. The number of ether oxygens (including phenoxy) is 1. The highest BCUT2D eigenvalue weighted by molar-refractivity contribution is 8.01. The number of nitrogens with zero attached hydrogens (tertiary/aromatic N) is 2. The Morgan fingerprint density at radius 2 is 2.43 bits per heavy atom. The minimum absolute atomic E-state index is 0.00691. The first-order chi connectivity index (χ1) is 11.3. The van der Waals surface area contributed by atoms with Crippen molar-refractivity contribution in [1.29, 1.82) is 0 Å². The molecule has 1 atom stereocenters. The van der Waals surface area contributed by atoms with Gasteiger partial charge in [0.15, 0.2) is 4.34 Å². The molecule has 0 spiro atoms. The molecule has 124 valence electrons. The second kappa shape index (κ2) is 8.62. The molecule has 6 nitrogen and oxygen atoms in total. The van der Waals surface area contributed by atoms with Crippen LogP contribution in [0.3, 0.4) is 0 Å². The van der Waals surface area contributed by atoms with Gasteiger partial charge in [0.05, 0.1) is 18.4 Å². The number of anilines is 1. The van der Waals surface area contributed by atoms with Crippen LogP contribution in [0.25, 0.3) is 0 Å². The summed E-state index contributed by atoms with van der Waals surface area (Å²) in [4.78, 5) is 13.0. The van der Waals surface area contributed by atoms with Crippen LogP contribution in [-0.4, -0.2) is 41.1 Å². The van der Waals surface area contributed by atoms with E-state index < -0.39 is 0 Å². The molecule has 23 heavy (non-hydrogen) atoms. The number of nitrogens with one attached hydrogen (secondary N) is 2. The zero-order valence-corrected chi connectivity index (χ0v) is 14.9. The fraction of sp³-hybridized carbons (Fsp3) is 0.500. The number of rotatable bonds is 8. The first kappa shape index (κ1) is 16.7. The normalized spacial score (nSPS) is 17.3. The van der Waals surface area contributed by atoms with Crippen LogP contribution in [0, 0.1) is 0 Å². The molecule has 1 amide bonds. The Morgan fingerprint density at radius 1 is 1.48 bits per heavy atom. The van der Waals surface area contributed by atoms with Crippen molar-refractivity contribution in [1.82, 2.24) is 15.5 Å². The summed E-state index contributed by atoms with van der Waals surface area (Å²) in [5.41, 5.74) is 0. The lowest BCUT2D eigenvalue weighted by Gasteiger charge is -2.08. The Balaban J connectivity index is 1.35. The third kappa shape index (κ3) is 5.45. The highest BCUT2D eigenvalue weighted by atomic mass is 32.2. The second-order valence-corrected chi connectivity index (χ2v) is 8.27. The van der Waals surface area contributed by atoms with E-state index in [-0.39, 0.29) is 12.0 Å². The van der Waals surface area contributed by atoms with E-state index in [0.717, 1.165) is 40.3 Å². The molecule has 0 aromatic carbocycles. The molecule has 2 N–H and O–H groups in total. The zero-order valence-electron chi connectivity index (χ0n) is 12.5. The van der Waals surface area contributed by atoms with E-state index >= 15 is 0 Å². The first-order valence-electron chi connectivity index (χ1n) is 7.40. The maximum Gasteiger partial charge on any atom is 0.230 e. The standard InChI is InChI=1S/C14H18N4O2S3/c19-12(15-8-11-4-2-6-21-11)9-22-14-18-17-13(23-14)16-7-10-3-1-5-20-10/h2,4,6,10H,1,3,5,7-9H2,(H,15,19)(H,16,17). The summed E-state index contributed by atoms with van der Waals surface area (Å²) in [5, 5.41) is 17.1. The number of carbonyl (C=O) groups is 1. The smallest absolute Gasteiger partial charge is 0.230 e. The fourth-order valence-corrected chi connectivity index (χ4v) is 4.36. The molecule has 0 bridgehead atoms. The lowest BCUT2D eigenvalue weighted by atomic mass is 10.2. The van der Waals surface area contributed by atoms with E-state index in [4.69, 9.17) is 4.74 Å². The minimum Gasteiger partial charge on any atom is -0.376 e. The highest BCUT2D eigenvalue weighted by Crippen LogP contribution is 2.25. The van der Waals surface area contributed by atoms with Gasteiger partial charge in [0, 0.05) is 18.0 Å². The van der Waals surface area contributed by atoms with Crippen LogP contribution in [0.4, 0.5) is 5.13 Å². The third-order valence-electron chi connectivity index (χ3n) is 3.28. The van der Waals surface area contributed by atoms with Crippen molar-refractivity contribution in [2.45, 2.75) is 29.8 Å². The van der Waals surface area contributed by atoms with Crippen LogP contribution >= 0.6 is 34.4 Å². The Morgan fingerprint density at radius 3 is 3.22 bits per heavy atom. The first-order valence-corrected chi connectivity index (χ1v) is 10.1. The lowest BCUT2D eigenvalue weighted by Crippen LogP contribution is -2.24. The maximum atomic E-state index is 11.8. The van der Waals surface area contributed by atoms with Crippen molar-refractivity contribution in [2.75, 3.05) is 24.2 Å². The molecular weight excluding hydrogens is 352 g/mol. The van der Waals surface area contributed by atoms with Crippen molar-refractivity contribution in [3.8, 4) is 0 Å². The number of thiophene rings is 1. The summed E-state index contributed by atoms with van der Waals surface area (Å²) >= 11 is 4.52. The molecule has 1 unspecified atom stereocenters. The molecule has 0 radical (unpaired) electrons. The van der Waals surface area contributed by atoms with E-state index in [1.165, 1.54) is 23.1 Å². The molecule has 1 fully saturated rings. The van der Waals surface area contributed by atoms with Crippen molar-refractivity contribution >= 4 is 45.5 Å². The largest absolute Gasteiger partial charge is 0.376 e. The second-order valence-electron chi connectivity index (χ2n) is 5.03. The van der Waals surface area contributed by atoms with Crippen LogP contribution in [0.2, 0.25) is 0 Å². The molecular formula is C14H18N4O2S3. The predicted molar refractivity (Wildman–Crippen MR) is 94.3 cm³/mol. The van der Waals surface area contributed by atoms with Gasteiger partial charge in [-0.25, -0.2) is 0 Å². The Hall–Kier alpha value is -1.16. The Labute approximate surface area is 147 Å². The third-order valence-corrected chi connectivity index (χ3v) is 6.17. The quantitative estimate of drug-likeness (QED) is 0.696. The van der Waals surface area contributed by atoms with Gasteiger partial charge in [0.2, 0.25) is 11.0 Å². The lowest BCUT2D eigenvalue weighted by molar-refractivity contribution is -0.118. The number of hydrogen-bond acceptors (Lipinski definition) is 8. The predicted octanol–water partition coefficient (Wildman–Crippen LogP) is 2.60. The van der Waals surface area contributed by atoms with Crippen molar-refractivity contribution < 1.29 is 9.53 Å². The van der Waals surface area contributed by atoms with E-state index in [2.05, 4.69) is 20.8 Å². The Bertz CT molecular complexity index is 611. The number of hydrogen-bond donors (Lipinski definition) is 2.